The molecular formula is C17H21NO2. The van der Waals surface area contributed by atoms with Gasteiger partial charge in [-0.1, -0.05) is 24.3 Å². The molecule has 0 saturated heterocycles. The molecule has 0 heterocycles. The highest BCUT2D eigenvalue weighted by atomic mass is 16.5. The van der Waals surface area contributed by atoms with Crippen LogP contribution < -0.4 is 14.8 Å². The Kier molecular flexibility index (Phi) is 5.02. The molecule has 1 N–H and O–H groups in total. The van der Waals surface area contributed by atoms with Crippen LogP contribution in [0.25, 0.3) is 0 Å². The van der Waals surface area contributed by atoms with Crippen LogP contribution in [0.15, 0.2) is 48.5 Å². The highest BCUT2D eigenvalue weighted by Crippen LogP contribution is 2.19. The molecule has 106 valence electrons. The standard InChI is InChI=1S/C17H21NO2/c1-13(18-2)15-7-9-16(10-8-15)20-12-14-5-4-6-17(11-14)19-3/h4-11,13,18H,12H2,1-3H3. The van der Waals surface area contributed by atoms with Gasteiger partial charge >= 0.3 is 0 Å². The summed E-state index contributed by atoms with van der Waals surface area (Å²) in [7, 11) is 3.62. The second kappa shape index (κ2) is 6.96. The van der Waals surface area contributed by atoms with Crippen molar-refractivity contribution in [3.05, 3.63) is 59.7 Å². The molecule has 2 aromatic rings. The quantitative estimate of drug-likeness (QED) is 0.871. The third-order valence-electron chi connectivity index (χ3n) is 3.35. The van der Waals surface area contributed by atoms with Crippen LogP contribution in [-0.4, -0.2) is 14.2 Å². The molecule has 1 unspecified atom stereocenters. The van der Waals surface area contributed by atoms with E-state index in [2.05, 4.69) is 24.4 Å². The maximum absolute atomic E-state index is 5.78. The van der Waals surface area contributed by atoms with Gasteiger partial charge in [-0.15, -0.1) is 0 Å². The van der Waals surface area contributed by atoms with E-state index in [1.165, 1.54) is 5.56 Å². The summed E-state index contributed by atoms with van der Waals surface area (Å²) >= 11 is 0. The maximum Gasteiger partial charge on any atom is 0.119 e. The van der Waals surface area contributed by atoms with Crippen LogP contribution in [0.3, 0.4) is 0 Å². The summed E-state index contributed by atoms with van der Waals surface area (Å²) in [5.74, 6) is 1.73. The number of hydrogen-bond acceptors (Lipinski definition) is 3. The van der Waals surface area contributed by atoms with Crippen molar-refractivity contribution in [2.45, 2.75) is 19.6 Å². The Hall–Kier alpha value is -2.00. The lowest BCUT2D eigenvalue weighted by Crippen LogP contribution is -2.11. The lowest BCUT2D eigenvalue weighted by molar-refractivity contribution is 0.305. The Balaban J connectivity index is 1.96. The summed E-state index contributed by atoms with van der Waals surface area (Å²) in [5, 5.41) is 3.22. The van der Waals surface area contributed by atoms with E-state index in [0.29, 0.717) is 12.6 Å². The first-order chi connectivity index (χ1) is 9.72. The molecule has 0 bridgehead atoms. The van der Waals surface area contributed by atoms with Gasteiger partial charge in [0.1, 0.15) is 18.1 Å². The van der Waals surface area contributed by atoms with Crippen molar-refractivity contribution < 1.29 is 9.47 Å². The van der Waals surface area contributed by atoms with E-state index in [0.717, 1.165) is 17.1 Å². The van der Waals surface area contributed by atoms with Crippen molar-refractivity contribution in [2.24, 2.45) is 0 Å². The summed E-state index contributed by atoms with van der Waals surface area (Å²) in [6.45, 7) is 2.67. The minimum atomic E-state index is 0.349. The number of ether oxygens (including phenoxy) is 2. The number of methoxy groups -OCH3 is 1. The average Bonchev–Trinajstić information content (AvgIpc) is 2.53. The van der Waals surface area contributed by atoms with Gasteiger partial charge in [-0.25, -0.2) is 0 Å². The number of rotatable bonds is 6. The second-order valence-electron chi connectivity index (χ2n) is 4.72. The molecule has 2 aromatic carbocycles. The third-order valence-corrected chi connectivity index (χ3v) is 3.35. The molecule has 0 spiro atoms. The number of nitrogens with one attached hydrogen (secondary N) is 1. The molecule has 1 atom stereocenters. The minimum Gasteiger partial charge on any atom is -0.497 e. The molecule has 0 amide bonds. The van der Waals surface area contributed by atoms with Gasteiger partial charge in [-0.3, -0.25) is 0 Å². The van der Waals surface area contributed by atoms with Crippen LogP contribution >= 0.6 is 0 Å². The normalized spacial score (nSPS) is 11.9. The SMILES string of the molecule is CNC(C)c1ccc(OCc2cccc(OC)c2)cc1. The third kappa shape index (κ3) is 3.75. The van der Waals surface area contributed by atoms with Gasteiger partial charge in [-0.05, 0) is 49.4 Å². The Morgan fingerprint density at radius 3 is 2.45 bits per heavy atom. The predicted octanol–water partition coefficient (Wildman–Crippen LogP) is 3.55. The van der Waals surface area contributed by atoms with Crippen LogP contribution in [0, 0.1) is 0 Å². The van der Waals surface area contributed by atoms with E-state index in [4.69, 9.17) is 9.47 Å². The van der Waals surface area contributed by atoms with E-state index in [-0.39, 0.29) is 0 Å². The zero-order valence-electron chi connectivity index (χ0n) is 12.2. The summed E-state index contributed by atoms with van der Waals surface area (Å²) in [6, 6.07) is 16.4. The van der Waals surface area contributed by atoms with Crippen molar-refractivity contribution >= 4 is 0 Å². The molecule has 0 aliphatic heterocycles. The summed E-state index contributed by atoms with van der Waals surface area (Å²) in [6.07, 6.45) is 0. The van der Waals surface area contributed by atoms with E-state index >= 15 is 0 Å². The number of hydrogen-bond donors (Lipinski definition) is 1. The van der Waals surface area contributed by atoms with E-state index in [1.54, 1.807) is 7.11 Å². The highest BCUT2D eigenvalue weighted by Gasteiger charge is 2.03. The largest absolute Gasteiger partial charge is 0.497 e. The molecule has 0 saturated carbocycles. The number of benzene rings is 2. The first-order valence-electron chi connectivity index (χ1n) is 6.76. The molecule has 3 heteroatoms. The van der Waals surface area contributed by atoms with Crippen molar-refractivity contribution in [1.82, 2.24) is 5.32 Å². The van der Waals surface area contributed by atoms with Crippen LogP contribution in [0.1, 0.15) is 24.1 Å². The fourth-order valence-corrected chi connectivity index (χ4v) is 1.95. The molecule has 0 fully saturated rings. The summed E-state index contributed by atoms with van der Waals surface area (Å²) in [5.41, 5.74) is 2.35. The van der Waals surface area contributed by atoms with Crippen molar-refractivity contribution in [1.29, 1.82) is 0 Å². The summed E-state index contributed by atoms with van der Waals surface area (Å²) < 4.78 is 11.0. The molecule has 3 nitrogen and oxygen atoms in total. The Morgan fingerprint density at radius 1 is 1.05 bits per heavy atom. The van der Waals surface area contributed by atoms with Crippen LogP contribution in [0.5, 0.6) is 11.5 Å². The molecule has 0 aliphatic rings. The molecule has 0 aromatic heterocycles. The van der Waals surface area contributed by atoms with Crippen LogP contribution in [0.2, 0.25) is 0 Å². The highest BCUT2D eigenvalue weighted by molar-refractivity contribution is 5.31. The molecule has 0 aliphatic carbocycles. The second-order valence-corrected chi connectivity index (χ2v) is 4.72. The van der Waals surface area contributed by atoms with Gasteiger partial charge < -0.3 is 14.8 Å². The topological polar surface area (TPSA) is 30.5 Å². The first-order valence-corrected chi connectivity index (χ1v) is 6.76. The smallest absolute Gasteiger partial charge is 0.119 e. The lowest BCUT2D eigenvalue weighted by Gasteiger charge is -2.12. The van der Waals surface area contributed by atoms with Gasteiger partial charge in [0.2, 0.25) is 0 Å². The zero-order chi connectivity index (χ0) is 14.4. The predicted molar refractivity (Wildman–Crippen MR) is 81.2 cm³/mol. The van der Waals surface area contributed by atoms with E-state index in [1.807, 2.05) is 43.4 Å². The van der Waals surface area contributed by atoms with Crippen LogP contribution in [0.4, 0.5) is 0 Å². The molecule has 20 heavy (non-hydrogen) atoms. The van der Waals surface area contributed by atoms with E-state index in [9.17, 15) is 0 Å². The van der Waals surface area contributed by atoms with Crippen LogP contribution in [-0.2, 0) is 6.61 Å². The van der Waals surface area contributed by atoms with Crippen molar-refractivity contribution in [2.75, 3.05) is 14.2 Å². The van der Waals surface area contributed by atoms with Crippen molar-refractivity contribution in [3.8, 4) is 11.5 Å². The summed E-state index contributed by atoms with van der Waals surface area (Å²) in [4.78, 5) is 0. The van der Waals surface area contributed by atoms with Gasteiger partial charge in [-0.2, -0.15) is 0 Å². The molecular weight excluding hydrogens is 250 g/mol. The fraction of sp³-hybridized carbons (Fsp3) is 0.294. The van der Waals surface area contributed by atoms with Gasteiger partial charge in [0.25, 0.3) is 0 Å². The average molecular weight is 271 g/mol. The first kappa shape index (κ1) is 14.4. The molecule has 2 rings (SSSR count). The fourth-order valence-electron chi connectivity index (χ4n) is 1.95. The maximum atomic E-state index is 5.78. The van der Waals surface area contributed by atoms with E-state index < -0.39 is 0 Å². The van der Waals surface area contributed by atoms with Crippen molar-refractivity contribution in [3.63, 3.8) is 0 Å². The lowest BCUT2D eigenvalue weighted by atomic mass is 10.1. The van der Waals surface area contributed by atoms with Gasteiger partial charge in [0.15, 0.2) is 0 Å². The van der Waals surface area contributed by atoms with Gasteiger partial charge in [0, 0.05) is 6.04 Å². The Bertz CT molecular complexity index is 537. The zero-order valence-corrected chi connectivity index (χ0v) is 12.2. The Morgan fingerprint density at radius 2 is 1.80 bits per heavy atom. The Labute approximate surface area is 120 Å². The monoisotopic (exact) mass is 271 g/mol. The van der Waals surface area contributed by atoms with Gasteiger partial charge in [0.05, 0.1) is 7.11 Å². The molecule has 0 radical (unpaired) electrons. The minimum absolute atomic E-state index is 0.349.